The third kappa shape index (κ3) is 3.27. The van der Waals surface area contributed by atoms with E-state index in [-0.39, 0.29) is 6.10 Å². The van der Waals surface area contributed by atoms with Crippen LogP contribution in [0, 0.1) is 13.8 Å². The number of ether oxygens (including phenoxy) is 1. The maximum atomic E-state index is 5.63. The first-order chi connectivity index (χ1) is 9.52. The van der Waals surface area contributed by atoms with Gasteiger partial charge >= 0.3 is 0 Å². The SMILES string of the molecule is CCCNc1nc(COC(C)C)nc2sc(C)c(C)c12. The van der Waals surface area contributed by atoms with Gasteiger partial charge in [0.1, 0.15) is 17.3 Å². The van der Waals surface area contributed by atoms with Crippen LogP contribution in [0.3, 0.4) is 0 Å². The predicted molar refractivity (Wildman–Crippen MR) is 85.6 cm³/mol. The molecule has 20 heavy (non-hydrogen) atoms. The van der Waals surface area contributed by atoms with Crippen molar-refractivity contribution in [3.8, 4) is 0 Å². The summed E-state index contributed by atoms with van der Waals surface area (Å²) >= 11 is 1.73. The van der Waals surface area contributed by atoms with Crippen molar-refractivity contribution in [1.29, 1.82) is 0 Å². The summed E-state index contributed by atoms with van der Waals surface area (Å²) in [7, 11) is 0. The number of thiophene rings is 1. The normalized spacial score (nSPS) is 11.5. The summed E-state index contributed by atoms with van der Waals surface area (Å²) in [5.41, 5.74) is 1.28. The summed E-state index contributed by atoms with van der Waals surface area (Å²) in [6.07, 6.45) is 1.26. The highest BCUT2D eigenvalue weighted by Crippen LogP contribution is 2.33. The van der Waals surface area contributed by atoms with E-state index in [2.05, 4.69) is 36.1 Å². The Morgan fingerprint density at radius 2 is 2.00 bits per heavy atom. The summed E-state index contributed by atoms with van der Waals surface area (Å²) in [5.74, 6) is 1.70. The number of rotatable bonds is 6. The molecular weight excluding hydrogens is 270 g/mol. The van der Waals surface area contributed by atoms with E-state index in [4.69, 9.17) is 4.74 Å². The van der Waals surface area contributed by atoms with E-state index in [0.717, 1.165) is 34.8 Å². The van der Waals surface area contributed by atoms with Gasteiger partial charge in [-0.1, -0.05) is 6.92 Å². The summed E-state index contributed by atoms with van der Waals surface area (Å²) in [6.45, 7) is 11.9. The van der Waals surface area contributed by atoms with E-state index in [0.29, 0.717) is 6.61 Å². The molecule has 0 aliphatic heterocycles. The standard InChI is InChI=1S/C15H23N3OS/c1-6-7-16-14-13-10(4)11(5)20-15(13)18-12(17-14)8-19-9(2)3/h9H,6-8H2,1-5H3,(H,16,17,18). The van der Waals surface area contributed by atoms with Crippen molar-refractivity contribution in [3.05, 3.63) is 16.3 Å². The first kappa shape index (κ1) is 15.2. The van der Waals surface area contributed by atoms with Gasteiger partial charge in [-0.15, -0.1) is 11.3 Å². The quantitative estimate of drug-likeness (QED) is 0.872. The first-order valence-corrected chi connectivity index (χ1v) is 7.96. The number of anilines is 1. The Kier molecular flexibility index (Phi) is 4.94. The number of aryl methyl sites for hydroxylation is 2. The van der Waals surface area contributed by atoms with Crippen LogP contribution in [0.2, 0.25) is 0 Å². The third-order valence-corrected chi connectivity index (χ3v) is 4.26. The number of nitrogens with zero attached hydrogens (tertiary/aromatic N) is 2. The van der Waals surface area contributed by atoms with Gasteiger partial charge in [-0.2, -0.15) is 0 Å². The maximum absolute atomic E-state index is 5.63. The molecule has 2 aromatic rings. The van der Waals surface area contributed by atoms with Crippen molar-refractivity contribution >= 4 is 27.4 Å². The fourth-order valence-corrected chi connectivity index (χ4v) is 3.02. The average molecular weight is 293 g/mol. The Balaban J connectivity index is 2.41. The fraction of sp³-hybridized carbons (Fsp3) is 0.600. The van der Waals surface area contributed by atoms with Crippen molar-refractivity contribution in [2.45, 2.75) is 53.8 Å². The molecule has 0 spiro atoms. The number of aromatic nitrogens is 2. The topological polar surface area (TPSA) is 47.0 Å². The van der Waals surface area contributed by atoms with Crippen molar-refractivity contribution < 1.29 is 4.74 Å². The van der Waals surface area contributed by atoms with Crippen LogP contribution in [0.5, 0.6) is 0 Å². The van der Waals surface area contributed by atoms with Gasteiger partial charge in [0.05, 0.1) is 11.5 Å². The molecule has 1 N–H and O–H groups in total. The molecule has 0 bridgehead atoms. The molecule has 0 aliphatic carbocycles. The molecule has 0 saturated heterocycles. The third-order valence-electron chi connectivity index (χ3n) is 3.16. The zero-order valence-electron chi connectivity index (χ0n) is 12.9. The second kappa shape index (κ2) is 6.50. The van der Waals surface area contributed by atoms with Crippen LogP contribution in [-0.2, 0) is 11.3 Å². The Morgan fingerprint density at radius 3 is 2.65 bits per heavy atom. The van der Waals surface area contributed by atoms with E-state index in [9.17, 15) is 0 Å². The fourth-order valence-electron chi connectivity index (χ4n) is 1.97. The predicted octanol–water partition coefficient (Wildman–Crippen LogP) is 4.06. The molecule has 0 aliphatic rings. The van der Waals surface area contributed by atoms with Crippen molar-refractivity contribution in [3.63, 3.8) is 0 Å². The molecule has 0 aromatic carbocycles. The van der Waals surface area contributed by atoms with Crippen LogP contribution in [-0.4, -0.2) is 22.6 Å². The Morgan fingerprint density at radius 1 is 1.25 bits per heavy atom. The Bertz CT molecular complexity index is 592. The van der Waals surface area contributed by atoms with Gasteiger partial charge in [0.25, 0.3) is 0 Å². The minimum atomic E-state index is 0.188. The second-order valence-electron chi connectivity index (χ2n) is 5.24. The Hall–Kier alpha value is -1.20. The van der Waals surface area contributed by atoms with Crippen molar-refractivity contribution in [2.75, 3.05) is 11.9 Å². The second-order valence-corrected chi connectivity index (χ2v) is 6.44. The largest absolute Gasteiger partial charge is 0.371 e. The van der Waals surface area contributed by atoms with E-state index in [1.165, 1.54) is 10.4 Å². The molecule has 0 atom stereocenters. The zero-order valence-corrected chi connectivity index (χ0v) is 13.7. The van der Waals surface area contributed by atoms with Gasteiger partial charge in [-0.05, 0) is 39.7 Å². The summed E-state index contributed by atoms with van der Waals surface area (Å²) in [6, 6.07) is 0. The lowest BCUT2D eigenvalue weighted by atomic mass is 10.2. The summed E-state index contributed by atoms with van der Waals surface area (Å²) in [5, 5.41) is 4.58. The van der Waals surface area contributed by atoms with E-state index in [1.54, 1.807) is 11.3 Å². The van der Waals surface area contributed by atoms with E-state index >= 15 is 0 Å². The summed E-state index contributed by atoms with van der Waals surface area (Å²) in [4.78, 5) is 11.6. The van der Waals surface area contributed by atoms with Gasteiger partial charge in [-0.25, -0.2) is 9.97 Å². The molecule has 5 heteroatoms. The molecule has 110 valence electrons. The number of hydrogen-bond donors (Lipinski definition) is 1. The molecule has 2 rings (SSSR count). The van der Waals surface area contributed by atoms with E-state index < -0.39 is 0 Å². The highest BCUT2D eigenvalue weighted by atomic mass is 32.1. The van der Waals surface area contributed by atoms with Gasteiger partial charge in [0.15, 0.2) is 5.82 Å². The van der Waals surface area contributed by atoms with Crippen LogP contribution in [0.4, 0.5) is 5.82 Å². The Labute approximate surface area is 124 Å². The lowest BCUT2D eigenvalue weighted by molar-refractivity contribution is 0.0615. The van der Waals surface area contributed by atoms with Crippen LogP contribution in [0.15, 0.2) is 0 Å². The van der Waals surface area contributed by atoms with Gasteiger partial charge in [0.2, 0.25) is 0 Å². The number of nitrogens with one attached hydrogen (secondary N) is 1. The van der Waals surface area contributed by atoms with Crippen LogP contribution in [0.25, 0.3) is 10.2 Å². The lowest BCUT2D eigenvalue weighted by Crippen LogP contribution is -2.09. The number of fused-ring (bicyclic) bond motifs is 1. The average Bonchev–Trinajstić information content (AvgIpc) is 2.69. The smallest absolute Gasteiger partial charge is 0.158 e. The molecule has 4 nitrogen and oxygen atoms in total. The number of hydrogen-bond acceptors (Lipinski definition) is 5. The maximum Gasteiger partial charge on any atom is 0.158 e. The monoisotopic (exact) mass is 293 g/mol. The van der Waals surface area contributed by atoms with Crippen LogP contribution < -0.4 is 5.32 Å². The molecule has 0 amide bonds. The first-order valence-electron chi connectivity index (χ1n) is 7.15. The van der Waals surface area contributed by atoms with Gasteiger partial charge in [0, 0.05) is 11.4 Å². The molecule has 0 unspecified atom stereocenters. The van der Waals surface area contributed by atoms with Crippen LogP contribution >= 0.6 is 11.3 Å². The highest BCUT2D eigenvalue weighted by Gasteiger charge is 2.14. The minimum absolute atomic E-state index is 0.188. The highest BCUT2D eigenvalue weighted by molar-refractivity contribution is 7.18. The zero-order chi connectivity index (χ0) is 14.7. The summed E-state index contributed by atoms with van der Waals surface area (Å²) < 4.78 is 5.63. The van der Waals surface area contributed by atoms with Crippen molar-refractivity contribution in [2.24, 2.45) is 0 Å². The van der Waals surface area contributed by atoms with Gasteiger partial charge in [-0.3, -0.25) is 0 Å². The van der Waals surface area contributed by atoms with E-state index in [1.807, 2.05) is 13.8 Å². The van der Waals surface area contributed by atoms with Crippen molar-refractivity contribution in [1.82, 2.24) is 9.97 Å². The molecule has 2 heterocycles. The molecular formula is C15H23N3OS. The molecule has 2 aromatic heterocycles. The minimum Gasteiger partial charge on any atom is -0.371 e. The lowest BCUT2D eigenvalue weighted by Gasteiger charge is -2.10. The molecule has 0 radical (unpaired) electrons. The molecule has 0 saturated carbocycles. The van der Waals surface area contributed by atoms with Gasteiger partial charge < -0.3 is 10.1 Å². The van der Waals surface area contributed by atoms with Crippen LogP contribution in [0.1, 0.15) is 43.5 Å². The molecule has 0 fully saturated rings.